The Balaban J connectivity index is 2.78. The highest BCUT2D eigenvalue weighted by atomic mass is 14.4. The lowest BCUT2D eigenvalue weighted by Gasteiger charge is -2.30. The van der Waals surface area contributed by atoms with E-state index in [1.165, 1.54) is 27.8 Å². The van der Waals surface area contributed by atoms with Gasteiger partial charge in [0.15, 0.2) is 0 Å². The summed E-state index contributed by atoms with van der Waals surface area (Å²) in [6.07, 6.45) is 14.1. The van der Waals surface area contributed by atoms with Crippen LogP contribution in [0.3, 0.4) is 0 Å². The van der Waals surface area contributed by atoms with Gasteiger partial charge in [-0.15, -0.1) is 0 Å². The van der Waals surface area contributed by atoms with Gasteiger partial charge < -0.3 is 0 Å². The summed E-state index contributed by atoms with van der Waals surface area (Å²) in [7, 11) is 0. The van der Waals surface area contributed by atoms with E-state index in [0.717, 1.165) is 6.42 Å². The molecular formula is C22H26. The first-order valence-corrected chi connectivity index (χ1v) is 8.08. The molecule has 0 spiro atoms. The Kier molecular flexibility index (Phi) is 5.03. The highest BCUT2D eigenvalue weighted by Gasteiger charge is 2.40. The molecule has 0 bridgehead atoms. The van der Waals surface area contributed by atoms with E-state index < -0.39 is 0 Å². The van der Waals surface area contributed by atoms with Crippen LogP contribution >= 0.6 is 0 Å². The molecular weight excluding hydrogens is 264 g/mol. The molecule has 0 radical (unpaired) electrons. The minimum Gasteiger partial charge on any atom is -0.0984 e. The number of allylic oxidation sites excluding steroid dienone is 9. The predicted octanol–water partition coefficient (Wildman–Crippen LogP) is 6.39. The number of hydrogen-bond acceptors (Lipinski definition) is 0. The summed E-state index contributed by atoms with van der Waals surface area (Å²) in [5.41, 5.74) is 6.48. The van der Waals surface area contributed by atoms with Crippen LogP contribution in [0.25, 0.3) is 5.57 Å². The Hall–Kier alpha value is -2.08. The zero-order valence-corrected chi connectivity index (χ0v) is 14.2. The fourth-order valence-corrected chi connectivity index (χ4v) is 3.46. The number of benzene rings is 1. The molecule has 1 aromatic rings. The van der Waals surface area contributed by atoms with E-state index >= 15 is 0 Å². The zero-order chi connectivity index (χ0) is 16.2. The molecule has 0 heterocycles. The van der Waals surface area contributed by atoms with E-state index in [2.05, 4.69) is 88.9 Å². The molecule has 0 nitrogen and oxygen atoms in total. The third kappa shape index (κ3) is 2.43. The summed E-state index contributed by atoms with van der Waals surface area (Å²) < 4.78 is 0. The third-order valence-corrected chi connectivity index (χ3v) is 4.54. The molecule has 1 aliphatic carbocycles. The molecule has 0 aromatic heterocycles. The van der Waals surface area contributed by atoms with Crippen molar-refractivity contribution in [3.05, 3.63) is 89.6 Å². The van der Waals surface area contributed by atoms with Crippen molar-refractivity contribution in [1.82, 2.24) is 0 Å². The summed E-state index contributed by atoms with van der Waals surface area (Å²) in [5.74, 6) is 0. The SMILES string of the molecule is C=CC1=C(/C=C\C)C(C)(C(/C=C\CC)=C/C)c2ccccc21. The molecule has 0 saturated carbocycles. The van der Waals surface area contributed by atoms with Gasteiger partial charge in [-0.3, -0.25) is 0 Å². The van der Waals surface area contributed by atoms with Crippen LogP contribution in [0.2, 0.25) is 0 Å². The van der Waals surface area contributed by atoms with Gasteiger partial charge in [-0.25, -0.2) is 0 Å². The summed E-state index contributed by atoms with van der Waals surface area (Å²) in [5, 5.41) is 0. The van der Waals surface area contributed by atoms with Crippen LogP contribution in [-0.2, 0) is 5.41 Å². The maximum Gasteiger partial charge on any atom is 0.0432 e. The Morgan fingerprint density at radius 1 is 1.23 bits per heavy atom. The van der Waals surface area contributed by atoms with Crippen LogP contribution in [0.5, 0.6) is 0 Å². The molecule has 1 aliphatic rings. The van der Waals surface area contributed by atoms with Crippen LogP contribution in [0, 0.1) is 0 Å². The minimum absolute atomic E-state index is 0.118. The predicted molar refractivity (Wildman–Crippen MR) is 98.9 cm³/mol. The van der Waals surface area contributed by atoms with Gasteiger partial charge in [0.2, 0.25) is 0 Å². The maximum atomic E-state index is 4.06. The van der Waals surface area contributed by atoms with Gasteiger partial charge >= 0.3 is 0 Å². The van der Waals surface area contributed by atoms with E-state index in [1.807, 2.05) is 6.08 Å². The molecule has 0 N–H and O–H groups in total. The van der Waals surface area contributed by atoms with Gasteiger partial charge in [-0.1, -0.05) is 74.2 Å². The fourth-order valence-electron chi connectivity index (χ4n) is 3.46. The van der Waals surface area contributed by atoms with Crippen LogP contribution in [0.15, 0.2) is 78.4 Å². The van der Waals surface area contributed by atoms with E-state index in [0.29, 0.717) is 0 Å². The molecule has 0 aliphatic heterocycles. The Morgan fingerprint density at radius 3 is 2.55 bits per heavy atom. The van der Waals surface area contributed by atoms with Gasteiger partial charge in [-0.2, -0.15) is 0 Å². The van der Waals surface area contributed by atoms with Crippen LogP contribution < -0.4 is 0 Å². The molecule has 114 valence electrons. The topological polar surface area (TPSA) is 0 Å². The van der Waals surface area contributed by atoms with Crippen molar-refractivity contribution >= 4 is 5.57 Å². The van der Waals surface area contributed by atoms with E-state index in [-0.39, 0.29) is 5.41 Å². The fraction of sp³-hybridized carbons (Fsp3) is 0.273. The smallest absolute Gasteiger partial charge is 0.0432 e. The summed E-state index contributed by atoms with van der Waals surface area (Å²) in [4.78, 5) is 0. The Bertz CT molecular complexity index is 680. The van der Waals surface area contributed by atoms with Gasteiger partial charge in [0.1, 0.15) is 0 Å². The molecule has 1 unspecified atom stereocenters. The van der Waals surface area contributed by atoms with Crippen molar-refractivity contribution < 1.29 is 0 Å². The first-order valence-electron chi connectivity index (χ1n) is 8.08. The summed E-state index contributed by atoms with van der Waals surface area (Å²) in [6.45, 7) is 12.8. The summed E-state index contributed by atoms with van der Waals surface area (Å²) >= 11 is 0. The minimum atomic E-state index is -0.118. The van der Waals surface area contributed by atoms with Crippen molar-refractivity contribution in [2.75, 3.05) is 0 Å². The normalized spacial score (nSPS) is 21.9. The highest BCUT2D eigenvalue weighted by Crippen LogP contribution is 2.51. The van der Waals surface area contributed by atoms with E-state index in [1.54, 1.807) is 0 Å². The quantitative estimate of drug-likeness (QED) is 0.551. The average Bonchev–Trinajstić information content (AvgIpc) is 2.78. The molecule has 0 heteroatoms. The molecule has 0 amide bonds. The van der Waals surface area contributed by atoms with Crippen molar-refractivity contribution in [3.8, 4) is 0 Å². The second-order valence-electron chi connectivity index (χ2n) is 5.76. The largest absolute Gasteiger partial charge is 0.0984 e. The van der Waals surface area contributed by atoms with Gasteiger partial charge in [0, 0.05) is 5.41 Å². The molecule has 1 aromatic carbocycles. The van der Waals surface area contributed by atoms with Crippen molar-refractivity contribution in [2.45, 2.75) is 39.5 Å². The molecule has 0 fully saturated rings. The number of fused-ring (bicyclic) bond motifs is 1. The van der Waals surface area contributed by atoms with Gasteiger partial charge in [0.25, 0.3) is 0 Å². The first-order chi connectivity index (χ1) is 10.6. The average molecular weight is 290 g/mol. The standard InChI is InChI=1S/C22H26/c1-6-10-14-17(8-3)22(5)20(13-7-2)18(9-4)19-15-11-12-16-21(19)22/h7-16H,4,6H2,1-3,5H3/b13-7-,14-10-,17-8+. The zero-order valence-electron chi connectivity index (χ0n) is 14.2. The van der Waals surface area contributed by atoms with Crippen LogP contribution in [0.4, 0.5) is 0 Å². The Labute approximate surface area is 135 Å². The lowest BCUT2D eigenvalue weighted by atomic mass is 9.72. The monoisotopic (exact) mass is 290 g/mol. The lowest BCUT2D eigenvalue weighted by Crippen LogP contribution is -2.23. The molecule has 22 heavy (non-hydrogen) atoms. The van der Waals surface area contributed by atoms with Crippen molar-refractivity contribution in [2.24, 2.45) is 0 Å². The Morgan fingerprint density at radius 2 is 1.95 bits per heavy atom. The molecule has 1 atom stereocenters. The lowest BCUT2D eigenvalue weighted by molar-refractivity contribution is 0.703. The second kappa shape index (κ2) is 6.79. The van der Waals surface area contributed by atoms with Gasteiger partial charge in [-0.05, 0) is 55.0 Å². The van der Waals surface area contributed by atoms with Gasteiger partial charge in [0.05, 0.1) is 0 Å². The first kappa shape index (κ1) is 16.3. The van der Waals surface area contributed by atoms with Crippen molar-refractivity contribution in [1.29, 1.82) is 0 Å². The molecule has 0 saturated heterocycles. The maximum absolute atomic E-state index is 4.06. The summed E-state index contributed by atoms with van der Waals surface area (Å²) in [6, 6.07) is 8.70. The van der Waals surface area contributed by atoms with Crippen LogP contribution in [0.1, 0.15) is 45.2 Å². The molecule has 2 rings (SSSR count). The number of hydrogen-bond donors (Lipinski definition) is 0. The van der Waals surface area contributed by atoms with E-state index in [4.69, 9.17) is 0 Å². The van der Waals surface area contributed by atoms with Crippen molar-refractivity contribution in [3.63, 3.8) is 0 Å². The number of rotatable bonds is 5. The van der Waals surface area contributed by atoms with E-state index in [9.17, 15) is 0 Å². The second-order valence-corrected chi connectivity index (χ2v) is 5.76. The van der Waals surface area contributed by atoms with Crippen LogP contribution in [-0.4, -0.2) is 0 Å². The third-order valence-electron chi connectivity index (χ3n) is 4.54. The highest BCUT2D eigenvalue weighted by molar-refractivity contribution is 5.89.